The summed E-state index contributed by atoms with van der Waals surface area (Å²) >= 11 is 7.65. The fourth-order valence-electron chi connectivity index (χ4n) is 3.25. The molecule has 9 heteroatoms. The first-order chi connectivity index (χ1) is 18.0. The third-order valence-corrected chi connectivity index (χ3v) is 6.83. The van der Waals surface area contributed by atoms with Gasteiger partial charge in [0.25, 0.3) is 5.91 Å². The lowest BCUT2D eigenvalue weighted by molar-refractivity contribution is -0.123. The first-order valence-corrected chi connectivity index (χ1v) is 12.9. The Morgan fingerprint density at radius 3 is 2.32 bits per heavy atom. The van der Waals surface area contributed by atoms with Crippen molar-refractivity contribution in [1.82, 2.24) is 5.43 Å². The first-order valence-electron chi connectivity index (χ1n) is 11.7. The van der Waals surface area contributed by atoms with Gasteiger partial charge in [0.2, 0.25) is 0 Å². The van der Waals surface area contributed by atoms with Gasteiger partial charge < -0.3 is 14.2 Å². The maximum absolute atomic E-state index is 12.6. The average molecular weight is 537 g/mol. The smallest absolute Gasteiger partial charge is 0.355 e. The summed E-state index contributed by atoms with van der Waals surface area (Å²) in [5.74, 6) is 0.780. The van der Waals surface area contributed by atoms with Crippen molar-refractivity contribution in [3.05, 3.63) is 88.3 Å². The van der Waals surface area contributed by atoms with E-state index in [2.05, 4.69) is 17.5 Å². The molecule has 190 valence electrons. The van der Waals surface area contributed by atoms with Gasteiger partial charge in [-0.3, -0.25) is 4.79 Å². The lowest BCUT2D eigenvalue weighted by Gasteiger charge is -2.08. The van der Waals surface area contributed by atoms with Crippen molar-refractivity contribution in [3.63, 3.8) is 0 Å². The molecule has 1 aromatic heterocycles. The number of nitrogens with zero attached hydrogens (tertiary/aromatic N) is 1. The monoisotopic (exact) mass is 536 g/mol. The van der Waals surface area contributed by atoms with Crippen LogP contribution in [0.3, 0.4) is 0 Å². The Labute approximate surface area is 223 Å². The maximum atomic E-state index is 12.6. The van der Waals surface area contributed by atoms with Crippen molar-refractivity contribution in [2.45, 2.75) is 19.8 Å². The Morgan fingerprint density at radius 2 is 1.62 bits per heavy atom. The molecule has 37 heavy (non-hydrogen) atoms. The molecule has 4 aromatic rings. The minimum atomic E-state index is -0.515. The Hall–Kier alpha value is -3.88. The highest BCUT2D eigenvalue weighted by atomic mass is 35.5. The van der Waals surface area contributed by atoms with Gasteiger partial charge in [0.1, 0.15) is 22.1 Å². The summed E-state index contributed by atoms with van der Waals surface area (Å²) in [5, 5.41) is 5.15. The SMILES string of the molecule is CCCCOc1ccc(OCC(=O)N/N=C\c2ccc(OC(=O)c3sc4ccccc4c3Cl)cc2)cc1. The predicted molar refractivity (Wildman–Crippen MR) is 146 cm³/mol. The number of hydrogen-bond acceptors (Lipinski definition) is 7. The van der Waals surface area contributed by atoms with Crippen LogP contribution < -0.4 is 19.6 Å². The van der Waals surface area contributed by atoms with Crippen LogP contribution >= 0.6 is 22.9 Å². The van der Waals surface area contributed by atoms with Crippen molar-refractivity contribution >= 4 is 51.1 Å². The third kappa shape index (κ3) is 7.31. The van der Waals surface area contributed by atoms with Gasteiger partial charge in [0.05, 0.1) is 17.8 Å². The van der Waals surface area contributed by atoms with E-state index in [1.165, 1.54) is 17.6 Å². The van der Waals surface area contributed by atoms with E-state index in [0.29, 0.717) is 33.6 Å². The second-order valence-electron chi connectivity index (χ2n) is 7.96. The minimum absolute atomic E-state index is 0.178. The molecule has 1 N–H and O–H groups in total. The number of thiophene rings is 1. The molecule has 0 spiro atoms. The number of nitrogens with one attached hydrogen (secondary N) is 1. The molecule has 0 radical (unpaired) electrons. The quantitative estimate of drug-likeness (QED) is 0.0779. The lowest BCUT2D eigenvalue weighted by Crippen LogP contribution is -2.24. The largest absolute Gasteiger partial charge is 0.494 e. The molecule has 0 saturated heterocycles. The van der Waals surface area contributed by atoms with Gasteiger partial charge in [0.15, 0.2) is 6.61 Å². The number of ether oxygens (including phenoxy) is 3. The summed E-state index contributed by atoms with van der Waals surface area (Å²) in [7, 11) is 0. The van der Waals surface area contributed by atoms with E-state index in [0.717, 1.165) is 28.7 Å². The number of benzene rings is 3. The molecule has 0 saturated carbocycles. The summed E-state index contributed by atoms with van der Waals surface area (Å²) in [6.07, 6.45) is 3.55. The highest BCUT2D eigenvalue weighted by molar-refractivity contribution is 7.21. The van der Waals surface area contributed by atoms with Crippen LogP contribution in [0.15, 0.2) is 77.9 Å². The van der Waals surface area contributed by atoms with Crippen LogP contribution in [0.25, 0.3) is 10.1 Å². The highest BCUT2D eigenvalue weighted by Crippen LogP contribution is 2.35. The van der Waals surface area contributed by atoms with Crippen LogP contribution in [0.2, 0.25) is 5.02 Å². The summed E-state index contributed by atoms with van der Waals surface area (Å²) in [5.41, 5.74) is 3.12. The van der Waals surface area contributed by atoms with Crippen LogP contribution in [0, 0.1) is 0 Å². The molecule has 0 aliphatic carbocycles. The number of fused-ring (bicyclic) bond motifs is 1. The molecular weight excluding hydrogens is 512 g/mol. The van der Waals surface area contributed by atoms with Gasteiger partial charge in [0, 0.05) is 10.1 Å². The number of carbonyl (C=O) groups excluding carboxylic acids is 2. The Morgan fingerprint density at radius 1 is 0.946 bits per heavy atom. The second-order valence-corrected chi connectivity index (χ2v) is 9.39. The minimum Gasteiger partial charge on any atom is -0.494 e. The summed E-state index contributed by atoms with van der Waals surface area (Å²) in [4.78, 5) is 24.9. The van der Waals surface area contributed by atoms with Crippen molar-refractivity contribution in [3.8, 4) is 17.2 Å². The molecule has 0 bridgehead atoms. The van der Waals surface area contributed by atoms with Gasteiger partial charge in [-0.25, -0.2) is 10.2 Å². The van der Waals surface area contributed by atoms with Gasteiger partial charge in [-0.2, -0.15) is 5.10 Å². The van der Waals surface area contributed by atoms with E-state index >= 15 is 0 Å². The molecular formula is C28H25ClN2O5S. The molecule has 0 unspecified atom stereocenters. The summed E-state index contributed by atoms with van der Waals surface area (Å²) in [6.45, 7) is 2.60. The normalized spacial score (nSPS) is 11.0. The molecule has 3 aromatic carbocycles. The second kappa shape index (κ2) is 12.9. The Bertz CT molecular complexity index is 1380. The summed E-state index contributed by atoms with van der Waals surface area (Å²) in [6, 6.07) is 21.4. The van der Waals surface area contributed by atoms with Gasteiger partial charge >= 0.3 is 5.97 Å². The highest BCUT2D eigenvalue weighted by Gasteiger charge is 2.18. The Kier molecular flexibility index (Phi) is 9.13. The maximum Gasteiger partial charge on any atom is 0.355 e. The number of unbranched alkanes of at least 4 members (excludes halogenated alkanes) is 1. The van der Waals surface area contributed by atoms with Crippen LogP contribution in [0.4, 0.5) is 0 Å². The number of hydrogen-bond donors (Lipinski definition) is 1. The number of carbonyl (C=O) groups is 2. The van der Waals surface area contributed by atoms with Crippen LogP contribution in [0.1, 0.15) is 35.0 Å². The van der Waals surface area contributed by atoms with E-state index in [4.69, 9.17) is 25.8 Å². The van der Waals surface area contributed by atoms with E-state index < -0.39 is 11.9 Å². The molecule has 1 amide bonds. The molecule has 1 heterocycles. The number of hydrazone groups is 1. The van der Waals surface area contributed by atoms with E-state index in [-0.39, 0.29) is 6.61 Å². The van der Waals surface area contributed by atoms with Crippen LogP contribution in [-0.2, 0) is 4.79 Å². The number of amides is 1. The van der Waals surface area contributed by atoms with Crippen molar-refractivity contribution in [1.29, 1.82) is 0 Å². The van der Waals surface area contributed by atoms with Crippen molar-refractivity contribution in [2.75, 3.05) is 13.2 Å². The third-order valence-electron chi connectivity index (χ3n) is 5.17. The molecule has 0 atom stereocenters. The summed E-state index contributed by atoms with van der Waals surface area (Å²) < 4.78 is 17.5. The lowest BCUT2D eigenvalue weighted by atomic mass is 10.2. The van der Waals surface area contributed by atoms with Crippen molar-refractivity contribution in [2.24, 2.45) is 5.10 Å². The zero-order chi connectivity index (χ0) is 26.0. The van der Waals surface area contributed by atoms with Crippen LogP contribution in [-0.4, -0.2) is 31.3 Å². The molecule has 0 aliphatic heterocycles. The topological polar surface area (TPSA) is 86.2 Å². The van der Waals surface area contributed by atoms with E-state index in [9.17, 15) is 9.59 Å². The van der Waals surface area contributed by atoms with E-state index in [1.807, 2.05) is 24.3 Å². The molecule has 0 aliphatic rings. The van der Waals surface area contributed by atoms with Crippen molar-refractivity contribution < 1.29 is 23.8 Å². The first kappa shape index (κ1) is 26.2. The van der Waals surface area contributed by atoms with E-state index in [1.54, 1.807) is 48.5 Å². The van der Waals surface area contributed by atoms with Crippen LogP contribution in [0.5, 0.6) is 17.2 Å². The van der Waals surface area contributed by atoms with Gasteiger partial charge in [-0.15, -0.1) is 11.3 Å². The Balaban J connectivity index is 1.22. The zero-order valence-electron chi connectivity index (χ0n) is 20.1. The molecule has 4 rings (SSSR count). The molecule has 7 nitrogen and oxygen atoms in total. The van der Waals surface area contributed by atoms with Gasteiger partial charge in [-0.05, 0) is 66.6 Å². The fraction of sp³-hybridized carbons (Fsp3) is 0.179. The average Bonchev–Trinajstić information content (AvgIpc) is 3.26. The standard InChI is InChI=1S/C28H25ClN2O5S/c1-2-3-16-34-20-12-14-21(15-13-20)35-18-25(32)31-30-17-19-8-10-22(11-9-19)36-28(33)27-26(29)23-6-4-5-7-24(23)37-27/h4-15,17H,2-3,16,18H2,1H3,(H,31,32)/b30-17-. The number of esters is 1. The number of rotatable bonds is 11. The fourth-order valence-corrected chi connectivity index (χ4v) is 4.63. The molecule has 0 fully saturated rings. The predicted octanol–water partition coefficient (Wildman–Crippen LogP) is 6.48. The number of halogens is 1. The van der Waals surface area contributed by atoms with Gasteiger partial charge in [-0.1, -0.05) is 43.1 Å². The zero-order valence-corrected chi connectivity index (χ0v) is 21.7.